The zero-order chi connectivity index (χ0) is 17.7. The zero-order valence-corrected chi connectivity index (χ0v) is 15.2. The molecule has 0 radical (unpaired) electrons. The van der Waals surface area contributed by atoms with Crippen LogP contribution in [0.5, 0.6) is 0 Å². The van der Waals surface area contributed by atoms with Crippen molar-refractivity contribution in [1.82, 2.24) is 9.80 Å². The van der Waals surface area contributed by atoms with Gasteiger partial charge in [-0.15, -0.1) is 0 Å². The lowest BCUT2D eigenvalue weighted by Gasteiger charge is -2.43. The third kappa shape index (κ3) is 5.27. The Bertz CT molecular complexity index is 583. The molecule has 1 aromatic carbocycles. The van der Waals surface area contributed by atoms with Crippen molar-refractivity contribution in [3.05, 3.63) is 35.4 Å². The van der Waals surface area contributed by atoms with Gasteiger partial charge in [-0.05, 0) is 31.5 Å². The van der Waals surface area contributed by atoms with Crippen LogP contribution < -0.4 is 0 Å². The lowest BCUT2D eigenvalue weighted by molar-refractivity contribution is -0.0676. The molecule has 0 unspecified atom stereocenters. The Morgan fingerprint density at radius 3 is 1.84 bits per heavy atom. The number of rotatable bonds is 3. The maximum Gasteiger partial charge on any atom is 0.120 e. The maximum atomic E-state index is 9.75. The quantitative estimate of drug-likeness (QED) is 0.842. The maximum absolute atomic E-state index is 9.75. The summed E-state index contributed by atoms with van der Waals surface area (Å²) in [6.07, 6.45) is 0.254. The third-order valence-corrected chi connectivity index (χ3v) is 4.50. The van der Waals surface area contributed by atoms with Crippen molar-refractivity contribution in [2.75, 3.05) is 52.6 Å². The molecule has 25 heavy (non-hydrogen) atoms. The number of morpholine rings is 2. The summed E-state index contributed by atoms with van der Waals surface area (Å²) in [6.45, 7) is 10.3. The summed E-state index contributed by atoms with van der Waals surface area (Å²) in [4.78, 5) is 4.98. The second-order valence-corrected chi connectivity index (χ2v) is 7.10. The molecule has 3 rings (SSSR count). The average molecular weight is 344 g/mol. The summed E-state index contributed by atoms with van der Waals surface area (Å²) in [5, 5.41) is 9.75. The molecule has 0 aliphatic carbocycles. The molecule has 0 bridgehead atoms. The zero-order valence-electron chi connectivity index (χ0n) is 15.2. The van der Waals surface area contributed by atoms with E-state index in [1.54, 1.807) is 13.8 Å². The highest BCUT2D eigenvalue weighted by atomic mass is 16.5. The number of hydrogen-bond donors (Lipinski definition) is 1. The molecule has 5 heteroatoms. The molecule has 5 nitrogen and oxygen atoms in total. The normalized spacial score (nSPS) is 20.3. The van der Waals surface area contributed by atoms with Crippen LogP contribution in [0.2, 0.25) is 0 Å². The van der Waals surface area contributed by atoms with Gasteiger partial charge in [0.2, 0.25) is 0 Å². The number of nitrogens with zero attached hydrogens (tertiary/aromatic N) is 2. The molecule has 0 saturated carbocycles. The van der Waals surface area contributed by atoms with Gasteiger partial charge in [-0.25, -0.2) is 0 Å². The summed E-state index contributed by atoms with van der Waals surface area (Å²) in [7, 11) is 0. The first-order chi connectivity index (χ1) is 12.0. The molecule has 0 amide bonds. The van der Waals surface area contributed by atoms with Crippen LogP contribution in [-0.4, -0.2) is 73.1 Å². The molecule has 2 fully saturated rings. The Labute approximate surface area is 150 Å². The van der Waals surface area contributed by atoms with Crippen LogP contribution in [0.25, 0.3) is 0 Å². The Morgan fingerprint density at radius 1 is 0.920 bits per heavy atom. The van der Waals surface area contributed by atoms with Gasteiger partial charge in [0.15, 0.2) is 0 Å². The van der Waals surface area contributed by atoms with Gasteiger partial charge in [-0.2, -0.15) is 0 Å². The molecule has 0 aromatic heterocycles. The van der Waals surface area contributed by atoms with Crippen LogP contribution in [0.3, 0.4) is 0 Å². The summed E-state index contributed by atoms with van der Waals surface area (Å²) >= 11 is 0. The van der Waals surface area contributed by atoms with E-state index in [0.717, 1.165) is 58.2 Å². The van der Waals surface area contributed by atoms with E-state index in [-0.39, 0.29) is 6.17 Å². The van der Waals surface area contributed by atoms with Gasteiger partial charge in [0.1, 0.15) is 5.60 Å². The van der Waals surface area contributed by atoms with Crippen molar-refractivity contribution in [2.45, 2.75) is 25.6 Å². The fourth-order valence-corrected chi connectivity index (χ4v) is 3.26. The SMILES string of the molecule is CC(C)(O)C#Cc1ccc(C(N2CCOCC2)N2CCOCC2)cc1. The topological polar surface area (TPSA) is 45.2 Å². The van der Waals surface area contributed by atoms with E-state index in [9.17, 15) is 5.11 Å². The van der Waals surface area contributed by atoms with E-state index >= 15 is 0 Å². The van der Waals surface area contributed by atoms with E-state index in [2.05, 4.69) is 33.8 Å². The molecule has 1 aromatic rings. The van der Waals surface area contributed by atoms with E-state index < -0.39 is 5.60 Å². The number of ether oxygens (including phenoxy) is 2. The summed E-state index contributed by atoms with van der Waals surface area (Å²) in [6, 6.07) is 8.40. The lowest BCUT2D eigenvalue weighted by atomic mass is 10.1. The van der Waals surface area contributed by atoms with Crippen molar-refractivity contribution in [3.8, 4) is 11.8 Å². The second-order valence-electron chi connectivity index (χ2n) is 7.10. The monoisotopic (exact) mass is 344 g/mol. The summed E-state index contributed by atoms with van der Waals surface area (Å²) < 4.78 is 11.1. The first-order valence-corrected chi connectivity index (χ1v) is 9.02. The van der Waals surface area contributed by atoms with Gasteiger partial charge >= 0.3 is 0 Å². The molecule has 136 valence electrons. The molecule has 2 aliphatic rings. The molecule has 1 N–H and O–H groups in total. The first-order valence-electron chi connectivity index (χ1n) is 9.02. The van der Waals surface area contributed by atoms with Crippen LogP contribution >= 0.6 is 0 Å². The highest BCUT2D eigenvalue weighted by Crippen LogP contribution is 2.27. The van der Waals surface area contributed by atoms with E-state index in [4.69, 9.17) is 9.47 Å². The highest BCUT2D eigenvalue weighted by molar-refractivity contribution is 5.38. The van der Waals surface area contributed by atoms with E-state index in [0.29, 0.717) is 0 Å². The number of hydrogen-bond acceptors (Lipinski definition) is 5. The standard InChI is InChI=1S/C20H28N2O3/c1-20(2,23)8-7-17-3-5-18(6-4-17)19(21-9-13-24-14-10-21)22-11-15-25-16-12-22/h3-6,19,23H,9-16H2,1-2H3. The Morgan fingerprint density at radius 2 is 1.40 bits per heavy atom. The Kier molecular flexibility index (Phi) is 6.10. The minimum absolute atomic E-state index is 0.254. The largest absolute Gasteiger partial charge is 0.379 e. The van der Waals surface area contributed by atoms with Crippen LogP contribution in [0.1, 0.15) is 31.1 Å². The fraction of sp³-hybridized carbons (Fsp3) is 0.600. The molecule has 2 heterocycles. The molecule has 2 saturated heterocycles. The highest BCUT2D eigenvalue weighted by Gasteiger charge is 2.29. The Balaban J connectivity index is 1.80. The lowest BCUT2D eigenvalue weighted by Crippen LogP contribution is -2.50. The summed E-state index contributed by atoms with van der Waals surface area (Å²) in [5.41, 5.74) is 1.23. The number of aliphatic hydroxyl groups is 1. The number of benzene rings is 1. The third-order valence-electron chi connectivity index (χ3n) is 4.50. The van der Waals surface area contributed by atoms with Gasteiger partial charge in [-0.3, -0.25) is 9.80 Å². The predicted octanol–water partition coefficient (Wildman–Crippen LogP) is 1.47. The van der Waals surface area contributed by atoms with Crippen LogP contribution in [-0.2, 0) is 9.47 Å². The summed E-state index contributed by atoms with van der Waals surface area (Å²) in [5.74, 6) is 5.91. The van der Waals surface area contributed by atoms with Gasteiger partial charge in [0.05, 0.1) is 32.6 Å². The predicted molar refractivity (Wildman–Crippen MR) is 97.1 cm³/mol. The average Bonchev–Trinajstić information content (AvgIpc) is 2.62. The van der Waals surface area contributed by atoms with Crippen LogP contribution in [0.15, 0.2) is 24.3 Å². The van der Waals surface area contributed by atoms with Crippen molar-refractivity contribution < 1.29 is 14.6 Å². The van der Waals surface area contributed by atoms with Gasteiger partial charge in [-0.1, -0.05) is 24.0 Å². The van der Waals surface area contributed by atoms with Gasteiger partial charge < -0.3 is 14.6 Å². The minimum Gasteiger partial charge on any atom is -0.379 e. The first kappa shape index (κ1) is 18.4. The Hall–Kier alpha value is -1.42. The van der Waals surface area contributed by atoms with Gasteiger partial charge in [0.25, 0.3) is 0 Å². The second kappa shape index (κ2) is 8.31. The van der Waals surface area contributed by atoms with E-state index in [1.807, 2.05) is 12.1 Å². The van der Waals surface area contributed by atoms with Crippen molar-refractivity contribution in [1.29, 1.82) is 0 Å². The van der Waals surface area contributed by atoms with Crippen LogP contribution in [0, 0.1) is 11.8 Å². The van der Waals surface area contributed by atoms with Crippen molar-refractivity contribution in [2.24, 2.45) is 0 Å². The smallest absolute Gasteiger partial charge is 0.120 e. The molecular weight excluding hydrogens is 316 g/mol. The van der Waals surface area contributed by atoms with Crippen molar-refractivity contribution >= 4 is 0 Å². The van der Waals surface area contributed by atoms with E-state index in [1.165, 1.54) is 5.56 Å². The molecule has 2 aliphatic heterocycles. The van der Waals surface area contributed by atoms with Crippen molar-refractivity contribution in [3.63, 3.8) is 0 Å². The molecule has 0 spiro atoms. The minimum atomic E-state index is -0.969. The van der Waals surface area contributed by atoms with Crippen LogP contribution in [0.4, 0.5) is 0 Å². The van der Waals surface area contributed by atoms with Gasteiger partial charge in [0, 0.05) is 31.7 Å². The fourth-order valence-electron chi connectivity index (χ4n) is 3.26. The molecule has 0 atom stereocenters. The molecular formula is C20H28N2O3.